The van der Waals surface area contributed by atoms with Crippen LogP contribution in [0.2, 0.25) is 0 Å². The standard InChI is InChI=1S/C22H39N/c1-3-5-7-9-11-13-17-21(22-19-15-16-20-23-22)18-14-12-10-8-6-4-2/h15-16,19-21H,3-14,17-18H2,1-2H3. The van der Waals surface area contributed by atoms with Crippen LogP contribution in [0.1, 0.15) is 115 Å². The number of unbranched alkanes of at least 4 members (excludes halogenated alkanes) is 10. The van der Waals surface area contributed by atoms with Crippen LogP contribution in [0.3, 0.4) is 0 Å². The van der Waals surface area contributed by atoms with Crippen LogP contribution in [0, 0.1) is 0 Å². The second-order valence-corrected chi connectivity index (χ2v) is 7.06. The molecule has 0 aliphatic heterocycles. The van der Waals surface area contributed by atoms with E-state index in [1.807, 2.05) is 12.3 Å². The topological polar surface area (TPSA) is 12.9 Å². The molecule has 0 aliphatic carbocycles. The molecule has 0 unspecified atom stereocenters. The number of nitrogens with zero attached hydrogens (tertiary/aromatic N) is 1. The zero-order valence-corrected chi connectivity index (χ0v) is 15.7. The summed E-state index contributed by atoms with van der Waals surface area (Å²) in [4.78, 5) is 4.64. The Labute approximate surface area is 145 Å². The fourth-order valence-corrected chi connectivity index (χ4v) is 3.40. The molecule has 0 fully saturated rings. The highest BCUT2D eigenvalue weighted by atomic mass is 14.7. The van der Waals surface area contributed by atoms with Gasteiger partial charge in [-0.3, -0.25) is 4.98 Å². The number of rotatable bonds is 15. The monoisotopic (exact) mass is 317 g/mol. The molecule has 1 aromatic heterocycles. The maximum Gasteiger partial charge on any atom is 0.0434 e. The van der Waals surface area contributed by atoms with Gasteiger partial charge in [0.05, 0.1) is 0 Å². The van der Waals surface area contributed by atoms with E-state index in [0.717, 1.165) is 0 Å². The number of pyridine rings is 1. The minimum absolute atomic E-state index is 0.688. The molecular weight excluding hydrogens is 278 g/mol. The van der Waals surface area contributed by atoms with Crippen molar-refractivity contribution in [2.24, 2.45) is 0 Å². The lowest BCUT2D eigenvalue weighted by Crippen LogP contribution is -2.02. The molecule has 1 aromatic rings. The molecule has 0 bridgehead atoms. The molecule has 132 valence electrons. The molecule has 23 heavy (non-hydrogen) atoms. The Bertz CT molecular complexity index is 330. The minimum Gasteiger partial charge on any atom is -0.261 e. The molecule has 1 heterocycles. The predicted octanol–water partition coefficient (Wildman–Crippen LogP) is 7.67. The van der Waals surface area contributed by atoms with E-state index in [9.17, 15) is 0 Å². The van der Waals surface area contributed by atoms with Gasteiger partial charge in [-0.25, -0.2) is 0 Å². The highest BCUT2D eigenvalue weighted by Crippen LogP contribution is 2.27. The summed E-state index contributed by atoms with van der Waals surface area (Å²) < 4.78 is 0. The molecule has 0 N–H and O–H groups in total. The van der Waals surface area contributed by atoms with Crippen LogP contribution in [0.25, 0.3) is 0 Å². The zero-order valence-electron chi connectivity index (χ0n) is 15.7. The molecule has 1 nitrogen and oxygen atoms in total. The second kappa shape index (κ2) is 14.7. The van der Waals surface area contributed by atoms with Crippen LogP contribution < -0.4 is 0 Å². The first kappa shape index (κ1) is 20.2. The van der Waals surface area contributed by atoms with Gasteiger partial charge in [0.25, 0.3) is 0 Å². The number of hydrogen-bond donors (Lipinski definition) is 0. The Morgan fingerprint density at radius 2 is 1.22 bits per heavy atom. The van der Waals surface area contributed by atoms with Gasteiger partial charge < -0.3 is 0 Å². The highest BCUT2D eigenvalue weighted by Gasteiger charge is 2.12. The average molecular weight is 318 g/mol. The van der Waals surface area contributed by atoms with Gasteiger partial charge >= 0.3 is 0 Å². The molecule has 0 aliphatic rings. The predicted molar refractivity (Wildman–Crippen MR) is 103 cm³/mol. The summed E-state index contributed by atoms with van der Waals surface area (Å²) in [6.45, 7) is 4.58. The molecular formula is C22H39N. The van der Waals surface area contributed by atoms with Crippen LogP contribution in [-0.2, 0) is 0 Å². The third-order valence-electron chi connectivity index (χ3n) is 4.92. The molecule has 1 rings (SSSR count). The van der Waals surface area contributed by atoms with Crippen LogP contribution >= 0.6 is 0 Å². The fraction of sp³-hybridized carbons (Fsp3) is 0.773. The second-order valence-electron chi connectivity index (χ2n) is 7.06. The summed E-state index contributed by atoms with van der Waals surface area (Å²) in [5.74, 6) is 0.688. The minimum atomic E-state index is 0.688. The van der Waals surface area contributed by atoms with Crippen LogP contribution in [0.5, 0.6) is 0 Å². The first-order chi connectivity index (χ1) is 11.4. The van der Waals surface area contributed by atoms with Crippen molar-refractivity contribution in [1.29, 1.82) is 0 Å². The van der Waals surface area contributed by atoms with E-state index < -0.39 is 0 Å². The summed E-state index contributed by atoms with van der Waals surface area (Å²) in [6, 6.07) is 6.42. The van der Waals surface area contributed by atoms with Gasteiger partial charge in [0.15, 0.2) is 0 Å². The van der Waals surface area contributed by atoms with Gasteiger partial charge in [-0.2, -0.15) is 0 Å². The van der Waals surface area contributed by atoms with Gasteiger partial charge in [0, 0.05) is 17.8 Å². The Morgan fingerprint density at radius 3 is 1.70 bits per heavy atom. The summed E-state index contributed by atoms with van der Waals surface area (Å²) >= 11 is 0. The molecule has 0 spiro atoms. The Kier molecular flexibility index (Phi) is 12.9. The summed E-state index contributed by atoms with van der Waals surface area (Å²) in [5, 5.41) is 0. The summed E-state index contributed by atoms with van der Waals surface area (Å²) in [5.41, 5.74) is 1.33. The molecule has 1 heteroatoms. The number of hydrogen-bond acceptors (Lipinski definition) is 1. The molecule has 0 saturated carbocycles. The molecule has 0 amide bonds. The SMILES string of the molecule is CCCCCCCCC(CCCCCCCC)c1ccccn1. The van der Waals surface area contributed by atoms with Crippen molar-refractivity contribution in [3.05, 3.63) is 30.1 Å². The van der Waals surface area contributed by atoms with Gasteiger partial charge in [-0.15, -0.1) is 0 Å². The smallest absolute Gasteiger partial charge is 0.0434 e. The maximum absolute atomic E-state index is 4.64. The number of aromatic nitrogens is 1. The van der Waals surface area contributed by atoms with Crippen LogP contribution in [0.4, 0.5) is 0 Å². The Morgan fingerprint density at radius 1 is 0.696 bits per heavy atom. The van der Waals surface area contributed by atoms with Crippen molar-refractivity contribution in [2.45, 2.75) is 110 Å². The molecule has 0 saturated heterocycles. The molecule has 0 atom stereocenters. The van der Waals surface area contributed by atoms with E-state index in [0.29, 0.717) is 5.92 Å². The van der Waals surface area contributed by atoms with Gasteiger partial charge in [-0.1, -0.05) is 97.0 Å². The van der Waals surface area contributed by atoms with Crippen LogP contribution in [0.15, 0.2) is 24.4 Å². The third-order valence-corrected chi connectivity index (χ3v) is 4.92. The largest absolute Gasteiger partial charge is 0.261 e. The van der Waals surface area contributed by atoms with E-state index >= 15 is 0 Å². The fourth-order valence-electron chi connectivity index (χ4n) is 3.40. The van der Waals surface area contributed by atoms with Crippen LogP contribution in [-0.4, -0.2) is 4.98 Å². The average Bonchev–Trinajstić information content (AvgIpc) is 2.60. The van der Waals surface area contributed by atoms with E-state index in [4.69, 9.17) is 0 Å². The van der Waals surface area contributed by atoms with Gasteiger partial charge in [-0.05, 0) is 25.0 Å². The van der Waals surface area contributed by atoms with Gasteiger partial charge in [0.2, 0.25) is 0 Å². The van der Waals surface area contributed by atoms with Crippen molar-refractivity contribution in [3.63, 3.8) is 0 Å². The maximum atomic E-state index is 4.64. The van der Waals surface area contributed by atoms with E-state index in [1.165, 1.54) is 95.6 Å². The van der Waals surface area contributed by atoms with Crippen molar-refractivity contribution < 1.29 is 0 Å². The lowest BCUT2D eigenvalue weighted by atomic mass is 9.91. The van der Waals surface area contributed by atoms with E-state index in [1.54, 1.807) is 0 Å². The van der Waals surface area contributed by atoms with Crippen molar-refractivity contribution in [1.82, 2.24) is 4.98 Å². The van der Waals surface area contributed by atoms with Crippen molar-refractivity contribution >= 4 is 0 Å². The first-order valence-corrected chi connectivity index (χ1v) is 10.3. The van der Waals surface area contributed by atoms with Crippen molar-refractivity contribution in [2.75, 3.05) is 0 Å². The normalized spacial score (nSPS) is 11.3. The molecule has 0 aromatic carbocycles. The summed E-state index contributed by atoms with van der Waals surface area (Å²) in [7, 11) is 0. The summed E-state index contributed by atoms with van der Waals surface area (Å²) in [6.07, 6.45) is 21.3. The van der Waals surface area contributed by atoms with E-state index in [-0.39, 0.29) is 0 Å². The van der Waals surface area contributed by atoms with E-state index in [2.05, 4.69) is 31.0 Å². The first-order valence-electron chi connectivity index (χ1n) is 10.3. The third kappa shape index (κ3) is 10.5. The Hall–Kier alpha value is -0.850. The van der Waals surface area contributed by atoms with Crippen molar-refractivity contribution in [3.8, 4) is 0 Å². The van der Waals surface area contributed by atoms with Gasteiger partial charge in [0.1, 0.15) is 0 Å². The zero-order chi connectivity index (χ0) is 16.6. The quantitative estimate of drug-likeness (QED) is 0.302. The highest BCUT2D eigenvalue weighted by molar-refractivity contribution is 5.09. The molecule has 0 radical (unpaired) electrons. The Balaban J connectivity index is 2.26. The lowest BCUT2D eigenvalue weighted by molar-refractivity contribution is 0.480. The lowest BCUT2D eigenvalue weighted by Gasteiger charge is -2.16.